The molecule has 0 aliphatic carbocycles. The number of anilines is 3. The van der Waals surface area contributed by atoms with Crippen LogP contribution in [0.5, 0.6) is 5.75 Å². The molecule has 0 atom stereocenters. The molecule has 0 fully saturated rings. The van der Waals surface area contributed by atoms with Gasteiger partial charge in [-0.1, -0.05) is 51.1 Å². The lowest BCUT2D eigenvalue weighted by Gasteiger charge is -2.23. The second-order valence-electron chi connectivity index (χ2n) is 7.71. The summed E-state index contributed by atoms with van der Waals surface area (Å²) in [6, 6.07) is 18.3. The second kappa shape index (κ2) is 8.74. The van der Waals surface area contributed by atoms with Gasteiger partial charge >= 0.3 is 0 Å². The van der Waals surface area contributed by atoms with E-state index in [1.165, 1.54) is 11.1 Å². The van der Waals surface area contributed by atoms with Crippen LogP contribution in [-0.2, 0) is 11.8 Å². The first kappa shape index (κ1) is 19.7. The molecule has 2 aromatic carbocycles. The Hall–Kier alpha value is -3.08. The van der Waals surface area contributed by atoms with E-state index in [9.17, 15) is 0 Å². The van der Waals surface area contributed by atoms with Crippen molar-refractivity contribution in [3.63, 3.8) is 0 Å². The van der Waals surface area contributed by atoms with Gasteiger partial charge in [-0.25, -0.2) is 4.98 Å². The van der Waals surface area contributed by atoms with Crippen LogP contribution in [-0.4, -0.2) is 23.6 Å². The summed E-state index contributed by atoms with van der Waals surface area (Å²) in [4.78, 5) is 8.97. The van der Waals surface area contributed by atoms with Gasteiger partial charge in [0.05, 0.1) is 7.11 Å². The van der Waals surface area contributed by atoms with Crippen LogP contribution in [0.3, 0.4) is 0 Å². The van der Waals surface area contributed by atoms with Crippen LogP contribution < -0.4 is 15.4 Å². The largest absolute Gasteiger partial charge is 0.497 e. The first-order chi connectivity index (χ1) is 13.5. The summed E-state index contributed by atoms with van der Waals surface area (Å²) in [5, 5.41) is 6.73. The quantitative estimate of drug-likeness (QED) is 0.595. The van der Waals surface area contributed by atoms with Crippen molar-refractivity contribution in [1.29, 1.82) is 0 Å². The Bertz CT molecular complexity index is 918. The van der Waals surface area contributed by atoms with E-state index in [0.29, 0.717) is 5.95 Å². The van der Waals surface area contributed by atoms with Crippen LogP contribution in [0.1, 0.15) is 31.9 Å². The fraction of sp³-hybridized carbons (Fsp3) is 0.304. The zero-order chi connectivity index (χ0) is 20.0. The highest BCUT2D eigenvalue weighted by molar-refractivity contribution is 5.61. The van der Waals surface area contributed by atoms with Crippen LogP contribution in [0, 0.1) is 0 Å². The number of methoxy groups -OCH3 is 1. The molecule has 0 spiro atoms. The molecule has 2 N–H and O–H groups in total. The van der Waals surface area contributed by atoms with Crippen molar-refractivity contribution in [1.82, 2.24) is 9.97 Å². The Labute approximate surface area is 167 Å². The number of nitrogens with zero attached hydrogens (tertiary/aromatic N) is 2. The van der Waals surface area contributed by atoms with Gasteiger partial charge in [0.25, 0.3) is 0 Å². The Morgan fingerprint density at radius 3 is 2.61 bits per heavy atom. The molecule has 0 amide bonds. The van der Waals surface area contributed by atoms with Crippen molar-refractivity contribution in [2.24, 2.45) is 0 Å². The normalized spacial score (nSPS) is 11.1. The lowest BCUT2D eigenvalue weighted by Crippen LogP contribution is -2.14. The van der Waals surface area contributed by atoms with Crippen LogP contribution in [0.15, 0.2) is 60.8 Å². The molecule has 0 aliphatic heterocycles. The van der Waals surface area contributed by atoms with Crippen LogP contribution in [0.25, 0.3) is 0 Å². The summed E-state index contributed by atoms with van der Waals surface area (Å²) in [6.07, 6.45) is 2.65. The average Bonchev–Trinajstić information content (AvgIpc) is 2.68. The third-order valence-electron chi connectivity index (χ3n) is 4.49. The van der Waals surface area contributed by atoms with Gasteiger partial charge in [-0.3, -0.25) is 0 Å². The number of rotatable bonds is 7. The minimum Gasteiger partial charge on any atom is -0.497 e. The van der Waals surface area contributed by atoms with Gasteiger partial charge in [0.15, 0.2) is 0 Å². The Kier molecular flexibility index (Phi) is 6.14. The van der Waals surface area contributed by atoms with E-state index >= 15 is 0 Å². The molecular weight excluding hydrogens is 348 g/mol. The van der Waals surface area contributed by atoms with Gasteiger partial charge in [-0.05, 0) is 47.2 Å². The molecule has 0 unspecified atom stereocenters. The maximum atomic E-state index is 5.28. The Balaban J connectivity index is 1.65. The number of hydrogen-bond donors (Lipinski definition) is 2. The molecule has 0 radical (unpaired) electrons. The molecular formula is C23H28N4O. The monoisotopic (exact) mass is 376 g/mol. The van der Waals surface area contributed by atoms with Crippen LogP contribution in [0.4, 0.5) is 17.5 Å². The van der Waals surface area contributed by atoms with Crippen molar-refractivity contribution < 1.29 is 4.74 Å². The van der Waals surface area contributed by atoms with Crippen LogP contribution in [0.2, 0.25) is 0 Å². The highest BCUT2D eigenvalue weighted by atomic mass is 16.5. The zero-order valence-electron chi connectivity index (χ0n) is 17.0. The van der Waals surface area contributed by atoms with Crippen molar-refractivity contribution in [3.05, 3.63) is 71.9 Å². The Morgan fingerprint density at radius 2 is 1.82 bits per heavy atom. The van der Waals surface area contributed by atoms with Crippen molar-refractivity contribution in [2.75, 3.05) is 24.3 Å². The first-order valence-corrected chi connectivity index (χ1v) is 9.52. The smallest absolute Gasteiger partial charge is 0.229 e. The molecule has 5 nitrogen and oxygen atoms in total. The van der Waals surface area contributed by atoms with Gasteiger partial charge in [-0.15, -0.1) is 0 Å². The van der Waals surface area contributed by atoms with Gasteiger partial charge in [0, 0.05) is 18.4 Å². The summed E-state index contributed by atoms with van der Waals surface area (Å²) >= 11 is 0. The molecule has 0 saturated carbocycles. The minimum atomic E-state index is 0.0379. The lowest BCUT2D eigenvalue weighted by molar-refractivity contribution is 0.414. The highest BCUT2D eigenvalue weighted by Crippen LogP contribution is 2.30. The summed E-state index contributed by atoms with van der Waals surface area (Å²) in [5.41, 5.74) is 3.52. The van der Waals surface area contributed by atoms with Gasteiger partial charge in [-0.2, -0.15) is 4.98 Å². The second-order valence-corrected chi connectivity index (χ2v) is 7.71. The number of nitrogens with one attached hydrogen (secondary N) is 2. The zero-order valence-corrected chi connectivity index (χ0v) is 17.0. The number of aromatic nitrogens is 2. The standard InChI is InChI=1S/C23H28N4O/c1-23(2,3)19-10-5-6-11-20(19)26-22-25-15-13-21(27-22)24-14-12-17-8-7-9-18(16-17)28-4/h5-11,13,15-16H,12,14H2,1-4H3,(H2,24,25,26,27). The van der Waals surface area contributed by atoms with Gasteiger partial charge in [0.1, 0.15) is 11.6 Å². The molecule has 1 heterocycles. The first-order valence-electron chi connectivity index (χ1n) is 9.52. The molecule has 3 aromatic rings. The van der Waals surface area contributed by atoms with E-state index in [-0.39, 0.29) is 5.41 Å². The topological polar surface area (TPSA) is 59.1 Å². The minimum absolute atomic E-state index is 0.0379. The fourth-order valence-electron chi connectivity index (χ4n) is 3.05. The Morgan fingerprint density at radius 1 is 1.00 bits per heavy atom. The molecule has 146 valence electrons. The van der Waals surface area contributed by atoms with Crippen molar-refractivity contribution in [2.45, 2.75) is 32.6 Å². The third kappa shape index (κ3) is 5.22. The summed E-state index contributed by atoms with van der Waals surface area (Å²) in [7, 11) is 1.69. The summed E-state index contributed by atoms with van der Waals surface area (Å²) < 4.78 is 5.28. The number of benzene rings is 2. The average molecular weight is 377 g/mol. The summed E-state index contributed by atoms with van der Waals surface area (Å²) in [6.45, 7) is 7.38. The predicted molar refractivity (Wildman–Crippen MR) is 116 cm³/mol. The van der Waals surface area contributed by atoms with Gasteiger partial charge < -0.3 is 15.4 Å². The maximum absolute atomic E-state index is 5.28. The molecule has 0 saturated heterocycles. The number of ether oxygens (including phenoxy) is 1. The fourth-order valence-corrected chi connectivity index (χ4v) is 3.05. The van der Waals surface area contributed by atoms with Crippen molar-refractivity contribution in [3.8, 4) is 5.75 Å². The maximum Gasteiger partial charge on any atom is 0.229 e. The van der Waals surface area contributed by atoms with E-state index in [2.05, 4.69) is 71.7 Å². The number of hydrogen-bond acceptors (Lipinski definition) is 5. The SMILES string of the molecule is COc1cccc(CCNc2ccnc(Nc3ccccc3C(C)(C)C)n2)c1. The van der Waals surface area contributed by atoms with Crippen LogP contribution >= 0.6 is 0 Å². The van der Waals surface area contributed by atoms with E-state index in [1.807, 2.05) is 24.3 Å². The number of para-hydroxylation sites is 1. The molecule has 5 heteroatoms. The molecule has 0 bridgehead atoms. The molecule has 3 rings (SSSR count). The highest BCUT2D eigenvalue weighted by Gasteiger charge is 2.17. The molecule has 1 aromatic heterocycles. The molecule has 28 heavy (non-hydrogen) atoms. The van der Waals surface area contributed by atoms with E-state index < -0.39 is 0 Å². The lowest BCUT2D eigenvalue weighted by atomic mass is 9.86. The van der Waals surface area contributed by atoms with E-state index in [0.717, 1.165) is 30.2 Å². The van der Waals surface area contributed by atoms with E-state index in [1.54, 1.807) is 13.3 Å². The predicted octanol–water partition coefficient (Wildman–Crippen LogP) is 5.18. The van der Waals surface area contributed by atoms with E-state index in [4.69, 9.17) is 4.74 Å². The third-order valence-corrected chi connectivity index (χ3v) is 4.49. The summed E-state index contributed by atoms with van der Waals surface area (Å²) in [5.74, 6) is 2.26. The molecule has 0 aliphatic rings. The van der Waals surface area contributed by atoms with Crippen molar-refractivity contribution >= 4 is 17.5 Å². The van der Waals surface area contributed by atoms with Gasteiger partial charge in [0.2, 0.25) is 5.95 Å².